The number of carbonyl (C=O) groups is 1. The van der Waals surface area contributed by atoms with Gasteiger partial charge in [-0.25, -0.2) is 0 Å². The Morgan fingerprint density at radius 3 is 2.72 bits per heavy atom. The van der Waals surface area contributed by atoms with Gasteiger partial charge in [-0.05, 0) is 62.4 Å². The van der Waals surface area contributed by atoms with Gasteiger partial charge in [-0.15, -0.1) is 0 Å². The lowest BCUT2D eigenvalue weighted by atomic mass is 9.91. The second-order valence-electron chi connectivity index (χ2n) is 7.86. The maximum Gasteiger partial charge on any atom is 0.310 e. The van der Waals surface area contributed by atoms with Crippen LogP contribution in [0, 0.1) is 5.92 Å². The van der Waals surface area contributed by atoms with E-state index in [4.69, 9.17) is 9.26 Å². The summed E-state index contributed by atoms with van der Waals surface area (Å²) in [7, 11) is 0. The average molecular weight is 392 g/mol. The second-order valence-corrected chi connectivity index (χ2v) is 7.86. The number of aryl methyl sites for hydroxylation is 1. The molecule has 0 atom stereocenters. The Morgan fingerprint density at radius 1 is 1.17 bits per heavy atom. The lowest BCUT2D eigenvalue weighted by Crippen LogP contribution is -2.33. The second kappa shape index (κ2) is 9.23. The van der Waals surface area contributed by atoms with Gasteiger partial charge in [0.15, 0.2) is 5.58 Å². The molecule has 0 unspecified atom stereocenters. The monoisotopic (exact) mass is 392 g/mol. The molecule has 0 bridgehead atoms. The number of rotatable bonds is 7. The van der Waals surface area contributed by atoms with Gasteiger partial charge in [0.25, 0.3) is 0 Å². The fraction of sp³-hybridized carbons (Fsp3) is 0.417. The zero-order chi connectivity index (χ0) is 20.1. The summed E-state index contributed by atoms with van der Waals surface area (Å²) < 4.78 is 10.7. The molecular formula is C24H28N2O3. The van der Waals surface area contributed by atoms with E-state index in [9.17, 15) is 4.79 Å². The van der Waals surface area contributed by atoms with Crippen LogP contribution in [0.3, 0.4) is 0 Å². The van der Waals surface area contributed by atoms with Crippen molar-refractivity contribution in [2.45, 2.75) is 45.6 Å². The SMILES string of the molecule is CCC(=O)Oc1ccc2c(CCC3CCN(Cc4ccccc4)CC3)noc2c1. The number of piperidine rings is 1. The van der Waals surface area contributed by atoms with Crippen molar-refractivity contribution in [2.24, 2.45) is 5.92 Å². The van der Waals surface area contributed by atoms with Gasteiger partial charge in [0.05, 0.1) is 5.69 Å². The Hall–Kier alpha value is -2.66. The summed E-state index contributed by atoms with van der Waals surface area (Å²) in [5.41, 5.74) is 3.07. The van der Waals surface area contributed by atoms with E-state index in [0.717, 1.165) is 49.5 Å². The fourth-order valence-corrected chi connectivity index (χ4v) is 4.03. The number of fused-ring (bicyclic) bond motifs is 1. The molecule has 1 aliphatic rings. The van der Waals surface area contributed by atoms with Crippen LogP contribution in [0.5, 0.6) is 5.75 Å². The van der Waals surface area contributed by atoms with Gasteiger partial charge >= 0.3 is 5.97 Å². The van der Waals surface area contributed by atoms with Crippen LogP contribution in [0.15, 0.2) is 53.1 Å². The minimum Gasteiger partial charge on any atom is -0.426 e. The highest BCUT2D eigenvalue weighted by Crippen LogP contribution is 2.28. The molecule has 2 heterocycles. The first-order valence-corrected chi connectivity index (χ1v) is 10.6. The molecule has 3 aromatic rings. The summed E-state index contributed by atoms with van der Waals surface area (Å²) in [6.07, 6.45) is 4.88. The normalized spacial score (nSPS) is 15.6. The summed E-state index contributed by atoms with van der Waals surface area (Å²) in [4.78, 5) is 14.0. The molecule has 0 saturated carbocycles. The highest BCUT2D eigenvalue weighted by atomic mass is 16.5. The Labute approximate surface area is 171 Å². The van der Waals surface area contributed by atoms with Crippen molar-refractivity contribution in [1.29, 1.82) is 0 Å². The minimum atomic E-state index is -0.248. The largest absolute Gasteiger partial charge is 0.426 e. The fourth-order valence-electron chi connectivity index (χ4n) is 4.03. The Kier molecular flexibility index (Phi) is 6.25. The lowest BCUT2D eigenvalue weighted by Gasteiger charge is -2.31. The number of esters is 1. The number of benzene rings is 2. The van der Waals surface area contributed by atoms with E-state index in [1.165, 1.54) is 18.4 Å². The van der Waals surface area contributed by atoms with Crippen LogP contribution >= 0.6 is 0 Å². The Morgan fingerprint density at radius 2 is 1.97 bits per heavy atom. The molecule has 5 heteroatoms. The molecule has 0 aliphatic carbocycles. The van der Waals surface area contributed by atoms with Gasteiger partial charge < -0.3 is 9.26 Å². The standard InChI is InChI=1S/C24H28N2O3/c1-2-24(27)28-20-9-10-21-22(25-29-23(21)16-20)11-8-18-12-14-26(15-13-18)17-19-6-4-3-5-7-19/h3-7,9-10,16,18H,2,8,11-15,17H2,1H3. The maximum absolute atomic E-state index is 11.5. The number of hydrogen-bond donors (Lipinski definition) is 0. The number of carbonyl (C=O) groups excluding carboxylic acids is 1. The number of nitrogens with zero attached hydrogens (tertiary/aromatic N) is 2. The van der Waals surface area contributed by atoms with Crippen LogP contribution < -0.4 is 4.74 Å². The molecule has 1 fully saturated rings. The van der Waals surface area contributed by atoms with Gasteiger partial charge in [-0.3, -0.25) is 9.69 Å². The maximum atomic E-state index is 11.5. The molecule has 2 aromatic carbocycles. The molecule has 152 valence electrons. The average Bonchev–Trinajstić information content (AvgIpc) is 3.16. The van der Waals surface area contributed by atoms with E-state index in [2.05, 4.69) is 40.4 Å². The molecule has 1 saturated heterocycles. The quantitative estimate of drug-likeness (QED) is 0.419. The molecular weight excluding hydrogens is 364 g/mol. The van der Waals surface area contributed by atoms with Gasteiger partial charge in [0.1, 0.15) is 5.75 Å². The summed E-state index contributed by atoms with van der Waals surface area (Å²) >= 11 is 0. The van der Waals surface area contributed by atoms with Crippen molar-refractivity contribution in [3.05, 3.63) is 59.8 Å². The van der Waals surface area contributed by atoms with Gasteiger partial charge in [0, 0.05) is 24.4 Å². The molecule has 0 spiro atoms. The van der Waals surface area contributed by atoms with Crippen LogP contribution in [0.4, 0.5) is 0 Å². The molecule has 29 heavy (non-hydrogen) atoms. The smallest absolute Gasteiger partial charge is 0.310 e. The molecule has 0 amide bonds. The predicted octanol–water partition coefficient (Wildman–Crippen LogP) is 4.99. The minimum absolute atomic E-state index is 0.248. The summed E-state index contributed by atoms with van der Waals surface area (Å²) in [5, 5.41) is 5.28. The van der Waals surface area contributed by atoms with Crippen LogP contribution in [0.2, 0.25) is 0 Å². The highest BCUT2D eigenvalue weighted by Gasteiger charge is 2.20. The van der Waals surface area contributed by atoms with E-state index >= 15 is 0 Å². The molecule has 5 nitrogen and oxygen atoms in total. The Balaban J connectivity index is 1.28. The highest BCUT2D eigenvalue weighted by molar-refractivity contribution is 5.82. The third-order valence-corrected chi connectivity index (χ3v) is 5.78. The van der Waals surface area contributed by atoms with E-state index in [1.54, 1.807) is 13.0 Å². The van der Waals surface area contributed by atoms with Crippen molar-refractivity contribution < 1.29 is 14.1 Å². The topological polar surface area (TPSA) is 55.6 Å². The van der Waals surface area contributed by atoms with Gasteiger partial charge in [-0.1, -0.05) is 42.4 Å². The van der Waals surface area contributed by atoms with Gasteiger partial charge in [-0.2, -0.15) is 0 Å². The number of aromatic nitrogens is 1. The number of ether oxygens (including phenoxy) is 1. The molecule has 1 aliphatic heterocycles. The molecule has 0 N–H and O–H groups in total. The predicted molar refractivity (Wildman–Crippen MR) is 113 cm³/mol. The Bertz CT molecular complexity index is 943. The van der Waals surface area contributed by atoms with E-state index in [-0.39, 0.29) is 5.97 Å². The van der Waals surface area contributed by atoms with Crippen molar-refractivity contribution in [1.82, 2.24) is 10.1 Å². The van der Waals surface area contributed by atoms with E-state index in [1.807, 2.05) is 12.1 Å². The first-order chi connectivity index (χ1) is 14.2. The van der Waals surface area contributed by atoms with Crippen LogP contribution in [0.1, 0.15) is 43.9 Å². The zero-order valence-corrected chi connectivity index (χ0v) is 17.0. The summed E-state index contributed by atoms with van der Waals surface area (Å²) in [5.74, 6) is 0.999. The summed E-state index contributed by atoms with van der Waals surface area (Å²) in [6.45, 7) is 5.14. The van der Waals surface area contributed by atoms with Crippen molar-refractivity contribution in [3.63, 3.8) is 0 Å². The van der Waals surface area contributed by atoms with Crippen molar-refractivity contribution >= 4 is 16.9 Å². The van der Waals surface area contributed by atoms with E-state index in [0.29, 0.717) is 17.8 Å². The lowest BCUT2D eigenvalue weighted by molar-refractivity contribution is -0.134. The third kappa shape index (κ3) is 5.04. The van der Waals surface area contributed by atoms with Crippen molar-refractivity contribution in [2.75, 3.05) is 13.1 Å². The third-order valence-electron chi connectivity index (χ3n) is 5.78. The summed E-state index contributed by atoms with van der Waals surface area (Å²) in [6, 6.07) is 16.2. The van der Waals surface area contributed by atoms with Crippen LogP contribution in [-0.4, -0.2) is 29.1 Å². The molecule has 1 aromatic heterocycles. The van der Waals surface area contributed by atoms with Crippen LogP contribution in [-0.2, 0) is 17.8 Å². The first-order valence-electron chi connectivity index (χ1n) is 10.6. The molecule has 0 radical (unpaired) electrons. The van der Waals surface area contributed by atoms with Gasteiger partial charge in [0.2, 0.25) is 0 Å². The number of hydrogen-bond acceptors (Lipinski definition) is 5. The zero-order valence-electron chi connectivity index (χ0n) is 17.0. The van der Waals surface area contributed by atoms with E-state index < -0.39 is 0 Å². The van der Waals surface area contributed by atoms with Crippen molar-refractivity contribution in [3.8, 4) is 5.75 Å². The van der Waals surface area contributed by atoms with Crippen LogP contribution in [0.25, 0.3) is 11.0 Å². The first kappa shape index (κ1) is 19.6. The number of likely N-dealkylation sites (tertiary alicyclic amines) is 1. The molecule has 4 rings (SSSR count).